The summed E-state index contributed by atoms with van der Waals surface area (Å²) in [5.74, 6) is 5.31. The van der Waals surface area contributed by atoms with E-state index in [0.29, 0.717) is 31.1 Å². The first-order chi connectivity index (χ1) is 17.1. The Balaban J connectivity index is 2.09. The minimum atomic E-state index is -1.60. The maximum Gasteiger partial charge on any atom is 0.324 e. The van der Waals surface area contributed by atoms with Crippen LogP contribution in [0.2, 0.25) is 0 Å². The number of benzene rings is 2. The van der Waals surface area contributed by atoms with Gasteiger partial charge in [0.05, 0.1) is 39.2 Å². The van der Waals surface area contributed by atoms with E-state index < -0.39 is 17.4 Å². The number of hydrogen-bond acceptors (Lipinski definition) is 7. The van der Waals surface area contributed by atoms with E-state index in [-0.39, 0.29) is 26.1 Å². The van der Waals surface area contributed by atoms with E-state index in [1.807, 2.05) is 30.3 Å². The number of aliphatic imine (C=N–C) groups is 1. The van der Waals surface area contributed by atoms with Gasteiger partial charge in [-0.1, -0.05) is 30.3 Å². The van der Waals surface area contributed by atoms with Crippen LogP contribution < -0.4 is 4.74 Å². The molecule has 0 unspecified atom stereocenters. The molecular formula is C28H33NO6. The Morgan fingerprint density at radius 1 is 0.943 bits per heavy atom. The third kappa shape index (κ3) is 8.91. The molecule has 7 heteroatoms. The predicted molar refractivity (Wildman–Crippen MR) is 135 cm³/mol. The fourth-order valence-corrected chi connectivity index (χ4v) is 3.17. The van der Waals surface area contributed by atoms with Gasteiger partial charge in [0.15, 0.2) is 5.41 Å². The number of hydrogen-bond donors (Lipinski definition) is 0. The Hall–Kier alpha value is -3.63. The summed E-state index contributed by atoms with van der Waals surface area (Å²) in [4.78, 5) is 30.3. The molecule has 0 amide bonds. The van der Waals surface area contributed by atoms with Gasteiger partial charge in [0.2, 0.25) is 0 Å². The van der Waals surface area contributed by atoms with Crippen molar-refractivity contribution < 1.29 is 28.5 Å². The van der Waals surface area contributed by atoms with Gasteiger partial charge < -0.3 is 18.9 Å². The summed E-state index contributed by atoms with van der Waals surface area (Å²) in [6.07, 6.45) is 1.95. The molecule has 0 heterocycles. The molecule has 2 aromatic rings. The Labute approximate surface area is 207 Å². The quantitative estimate of drug-likeness (QED) is 0.134. The number of rotatable bonds is 13. The molecule has 35 heavy (non-hydrogen) atoms. The van der Waals surface area contributed by atoms with Gasteiger partial charge in [0.25, 0.3) is 0 Å². The monoisotopic (exact) mass is 479 g/mol. The van der Waals surface area contributed by atoms with Crippen LogP contribution in [0.1, 0.15) is 38.7 Å². The van der Waals surface area contributed by atoms with Crippen LogP contribution in [0.15, 0.2) is 59.6 Å². The summed E-state index contributed by atoms with van der Waals surface area (Å²) in [5, 5.41) is 0. The van der Waals surface area contributed by atoms with E-state index >= 15 is 0 Å². The molecule has 0 spiro atoms. The maximum absolute atomic E-state index is 12.9. The van der Waals surface area contributed by atoms with Crippen LogP contribution in [0, 0.1) is 17.3 Å². The average molecular weight is 480 g/mol. The lowest BCUT2D eigenvalue weighted by Gasteiger charge is -2.25. The lowest BCUT2D eigenvalue weighted by molar-refractivity contribution is -0.171. The zero-order valence-corrected chi connectivity index (χ0v) is 20.6. The van der Waals surface area contributed by atoms with Crippen molar-refractivity contribution in [3.05, 3.63) is 60.2 Å². The zero-order chi connectivity index (χ0) is 25.4. The van der Waals surface area contributed by atoms with Crippen molar-refractivity contribution >= 4 is 23.8 Å². The number of nitrogens with zero attached hydrogens (tertiary/aromatic N) is 1. The van der Waals surface area contributed by atoms with Crippen LogP contribution in [0.4, 0.5) is 5.69 Å². The molecule has 0 N–H and O–H groups in total. The number of carbonyl (C=O) groups excluding carboxylic acids is 2. The Morgan fingerprint density at radius 2 is 1.60 bits per heavy atom. The minimum Gasteiger partial charge on any atom is -0.497 e. The summed E-state index contributed by atoms with van der Waals surface area (Å²) in [7, 11) is 1.59. The van der Waals surface area contributed by atoms with Crippen molar-refractivity contribution in [3.8, 4) is 17.6 Å². The van der Waals surface area contributed by atoms with Crippen molar-refractivity contribution in [1.82, 2.24) is 0 Å². The molecule has 0 aliphatic rings. The number of esters is 2. The second-order valence-corrected chi connectivity index (χ2v) is 7.56. The fourth-order valence-electron chi connectivity index (χ4n) is 3.17. The third-order valence-corrected chi connectivity index (χ3v) is 5.08. The van der Waals surface area contributed by atoms with Gasteiger partial charge in [-0.05, 0) is 43.7 Å². The van der Waals surface area contributed by atoms with E-state index in [1.54, 1.807) is 45.2 Å². The Bertz CT molecular complexity index is 987. The van der Waals surface area contributed by atoms with E-state index in [0.717, 1.165) is 5.56 Å². The normalized spacial score (nSPS) is 10.9. The summed E-state index contributed by atoms with van der Waals surface area (Å²) >= 11 is 0. The molecule has 0 radical (unpaired) electrons. The van der Waals surface area contributed by atoms with Crippen LogP contribution in [0.5, 0.6) is 5.75 Å². The first-order valence-corrected chi connectivity index (χ1v) is 11.6. The second kappa shape index (κ2) is 15.3. The highest BCUT2D eigenvalue weighted by Gasteiger charge is 2.47. The van der Waals surface area contributed by atoms with Crippen LogP contribution in [0.25, 0.3) is 0 Å². The standard InChI is InChI=1S/C28H33NO6/c1-4-34-26(30)28(27(31)35-5-2,19-20-29-24-14-16-25(32-3)17-15-24)18-10-7-11-21-33-22-23-12-8-6-9-13-23/h6,8-9,12-17,20H,4-5,11,18-19,21-22H2,1-3H3. The summed E-state index contributed by atoms with van der Waals surface area (Å²) in [5.41, 5.74) is 0.147. The molecule has 0 aromatic heterocycles. The maximum atomic E-state index is 12.9. The molecule has 0 aliphatic heterocycles. The van der Waals surface area contributed by atoms with Gasteiger partial charge in [0, 0.05) is 25.5 Å². The molecule has 2 aromatic carbocycles. The molecule has 0 bridgehead atoms. The Morgan fingerprint density at radius 3 is 2.20 bits per heavy atom. The van der Waals surface area contributed by atoms with E-state index in [4.69, 9.17) is 18.9 Å². The molecule has 0 aliphatic carbocycles. The second-order valence-electron chi connectivity index (χ2n) is 7.56. The van der Waals surface area contributed by atoms with Crippen LogP contribution in [0.3, 0.4) is 0 Å². The first kappa shape index (κ1) is 27.6. The van der Waals surface area contributed by atoms with Gasteiger partial charge in [-0.2, -0.15) is 0 Å². The zero-order valence-electron chi connectivity index (χ0n) is 20.6. The fraction of sp³-hybridized carbons (Fsp3) is 0.393. The van der Waals surface area contributed by atoms with Gasteiger partial charge in [0.1, 0.15) is 5.75 Å². The summed E-state index contributed by atoms with van der Waals surface area (Å²) in [6, 6.07) is 17.0. The minimum absolute atomic E-state index is 0.00408. The van der Waals surface area contributed by atoms with E-state index in [1.165, 1.54) is 6.21 Å². The van der Waals surface area contributed by atoms with Gasteiger partial charge in [-0.25, -0.2) is 0 Å². The highest BCUT2D eigenvalue weighted by Crippen LogP contribution is 2.30. The first-order valence-electron chi connectivity index (χ1n) is 11.6. The summed E-state index contributed by atoms with van der Waals surface area (Å²) in [6.45, 7) is 4.59. The average Bonchev–Trinajstić information content (AvgIpc) is 2.88. The number of carbonyl (C=O) groups is 2. The topological polar surface area (TPSA) is 83.4 Å². The van der Waals surface area contributed by atoms with Crippen molar-refractivity contribution in [1.29, 1.82) is 0 Å². The number of methoxy groups -OCH3 is 1. The molecule has 7 nitrogen and oxygen atoms in total. The Kier molecular flexibility index (Phi) is 12.1. The van der Waals surface area contributed by atoms with Gasteiger partial charge in [-0.15, -0.1) is 11.8 Å². The molecule has 0 fully saturated rings. The van der Waals surface area contributed by atoms with E-state index in [2.05, 4.69) is 16.8 Å². The lowest BCUT2D eigenvalue weighted by Crippen LogP contribution is -2.42. The SMILES string of the molecule is CCOC(=O)C(CC#CCCOCc1ccccc1)(CC=Nc1ccc(OC)cc1)C(=O)OCC. The smallest absolute Gasteiger partial charge is 0.324 e. The summed E-state index contributed by atoms with van der Waals surface area (Å²) < 4.78 is 21.3. The molecule has 2 rings (SSSR count). The molecule has 0 saturated heterocycles. The van der Waals surface area contributed by atoms with Crippen LogP contribution >= 0.6 is 0 Å². The predicted octanol–water partition coefficient (Wildman–Crippen LogP) is 4.90. The largest absolute Gasteiger partial charge is 0.497 e. The van der Waals surface area contributed by atoms with Crippen molar-refractivity contribution in [2.75, 3.05) is 26.9 Å². The number of ether oxygens (including phenoxy) is 4. The van der Waals surface area contributed by atoms with Crippen LogP contribution in [-0.2, 0) is 30.4 Å². The molecule has 0 saturated carbocycles. The van der Waals surface area contributed by atoms with Crippen molar-refractivity contribution in [3.63, 3.8) is 0 Å². The van der Waals surface area contributed by atoms with Gasteiger partial charge >= 0.3 is 11.9 Å². The van der Waals surface area contributed by atoms with Gasteiger partial charge in [-0.3, -0.25) is 14.6 Å². The molecule has 186 valence electrons. The molecular weight excluding hydrogens is 446 g/mol. The lowest BCUT2D eigenvalue weighted by atomic mass is 9.81. The van der Waals surface area contributed by atoms with E-state index in [9.17, 15) is 9.59 Å². The third-order valence-electron chi connectivity index (χ3n) is 5.08. The highest BCUT2D eigenvalue weighted by atomic mass is 16.6. The molecule has 0 atom stereocenters. The van der Waals surface area contributed by atoms with Crippen molar-refractivity contribution in [2.24, 2.45) is 10.4 Å². The van der Waals surface area contributed by atoms with Crippen LogP contribution in [-0.4, -0.2) is 45.1 Å². The highest BCUT2D eigenvalue weighted by molar-refractivity contribution is 6.02. The van der Waals surface area contributed by atoms with Crippen molar-refractivity contribution in [2.45, 2.75) is 39.7 Å².